The summed E-state index contributed by atoms with van der Waals surface area (Å²) in [6, 6.07) is 4.17. The molecule has 3 nitrogen and oxygen atoms in total. The van der Waals surface area contributed by atoms with Crippen molar-refractivity contribution < 1.29 is 0 Å². The summed E-state index contributed by atoms with van der Waals surface area (Å²) in [5, 5.41) is 12.6. The molecule has 1 rings (SSSR count). The van der Waals surface area contributed by atoms with Gasteiger partial charge in [-0.3, -0.25) is 4.98 Å². The van der Waals surface area contributed by atoms with E-state index in [1.165, 1.54) is 0 Å². The normalized spacial score (nSPS) is 12.9. The van der Waals surface area contributed by atoms with Gasteiger partial charge < -0.3 is 5.32 Å². The molecule has 3 heteroatoms. The van der Waals surface area contributed by atoms with Crippen LogP contribution in [0.25, 0.3) is 0 Å². The van der Waals surface area contributed by atoms with Crippen molar-refractivity contribution in [3.63, 3.8) is 0 Å². The first-order chi connectivity index (χ1) is 8.25. The van der Waals surface area contributed by atoms with Crippen LogP contribution in [0.2, 0.25) is 0 Å². The zero-order valence-corrected chi connectivity index (χ0v) is 12.3. The molecule has 1 aromatic rings. The zero-order valence-electron chi connectivity index (χ0n) is 12.3. The van der Waals surface area contributed by atoms with Gasteiger partial charge in [-0.1, -0.05) is 27.7 Å². The predicted octanol–water partition coefficient (Wildman–Crippen LogP) is 3.66. The molecule has 0 saturated carbocycles. The van der Waals surface area contributed by atoms with Crippen molar-refractivity contribution >= 4 is 5.69 Å². The minimum atomic E-state index is 0.261. The van der Waals surface area contributed by atoms with Gasteiger partial charge in [-0.15, -0.1) is 0 Å². The largest absolute Gasteiger partial charge is 0.384 e. The number of nitriles is 1. The number of hydrogen-bond acceptors (Lipinski definition) is 3. The first kappa shape index (κ1) is 14.5. The Labute approximate surface area is 110 Å². The van der Waals surface area contributed by atoms with Crippen molar-refractivity contribution in [2.45, 2.75) is 41.5 Å². The van der Waals surface area contributed by atoms with Gasteiger partial charge in [0.2, 0.25) is 0 Å². The van der Waals surface area contributed by atoms with E-state index in [9.17, 15) is 5.26 Å². The van der Waals surface area contributed by atoms with Crippen molar-refractivity contribution in [3.8, 4) is 6.07 Å². The number of rotatable bonds is 3. The molecule has 1 aromatic heterocycles. The second-order valence-corrected chi connectivity index (χ2v) is 6.03. The van der Waals surface area contributed by atoms with Crippen molar-refractivity contribution in [2.24, 2.45) is 11.3 Å². The maximum atomic E-state index is 9.19. The summed E-state index contributed by atoms with van der Waals surface area (Å²) in [5.74, 6) is 0.526. The summed E-state index contributed by atoms with van der Waals surface area (Å²) in [4.78, 5) is 4.32. The smallest absolute Gasteiger partial charge is 0.103 e. The molecule has 0 aromatic carbocycles. The average molecular weight is 245 g/mol. The summed E-state index contributed by atoms with van der Waals surface area (Å²) in [6.45, 7) is 13.6. The number of anilines is 1. The Balaban J connectivity index is 2.89. The van der Waals surface area contributed by atoms with Crippen LogP contribution in [0, 0.1) is 36.5 Å². The van der Waals surface area contributed by atoms with Gasteiger partial charge in [-0.25, -0.2) is 0 Å². The van der Waals surface area contributed by atoms with Crippen LogP contribution in [0.4, 0.5) is 5.69 Å². The SMILES string of the molecule is Cc1cc(NCC(C)C(C)(C)C)c(C#N)c(C)n1. The predicted molar refractivity (Wildman–Crippen MR) is 75.5 cm³/mol. The van der Waals surface area contributed by atoms with Crippen LogP contribution in [0.15, 0.2) is 6.07 Å². The Morgan fingerprint density at radius 3 is 2.50 bits per heavy atom. The van der Waals surface area contributed by atoms with Gasteiger partial charge in [-0.2, -0.15) is 5.26 Å². The molecule has 1 atom stereocenters. The molecule has 1 N–H and O–H groups in total. The maximum absolute atomic E-state index is 9.19. The van der Waals surface area contributed by atoms with Crippen LogP contribution in [-0.2, 0) is 0 Å². The van der Waals surface area contributed by atoms with Gasteiger partial charge in [0.25, 0.3) is 0 Å². The van der Waals surface area contributed by atoms with Crippen molar-refractivity contribution in [1.82, 2.24) is 4.98 Å². The molecule has 0 radical (unpaired) electrons. The maximum Gasteiger partial charge on any atom is 0.103 e. The number of aryl methyl sites for hydroxylation is 2. The molecule has 1 heterocycles. The highest BCUT2D eigenvalue weighted by molar-refractivity contribution is 5.59. The van der Waals surface area contributed by atoms with E-state index in [0.29, 0.717) is 11.5 Å². The standard InChI is InChI=1S/C15H23N3/c1-10(15(4,5)6)9-17-14-7-11(2)18-12(3)13(14)8-16/h7,10H,9H2,1-6H3,(H,17,18). The molecule has 0 spiro atoms. The lowest BCUT2D eigenvalue weighted by Gasteiger charge is -2.28. The molecule has 0 saturated heterocycles. The molecular formula is C15H23N3. The van der Waals surface area contributed by atoms with Gasteiger partial charge in [0, 0.05) is 12.2 Å². The summed E-state index contributed by atoms with van der Waals surface area (Å²) < 4.78 is 0. The van der Waals surface area contributed by atoms with Crippen LogP contribution in [0.5, 0.6) is 0 Å². The van der Waals surface area contributed by atoms with E-state index in [4.69, 9.17) is 0 Å². The molecule has 0 bridgehead atoms. The number of aromatic nitrogens is 1. The zero-order chi connectivity index (χ0) is 13.9. The minimum absolute atomic E-state index is 0.261. The highest BCUT2D eigenvalue weighted by atomic mass is 14.9. The fourth-order valence-electron chi connectivity index (χ4n) is 1.68. The van der Waals surface area contributed by atoms with Gasteiger partial charge in [-0.05, 0) is 31.2 Å². The molecule has 0 amide bonds. The van der Waals surface area contributed by atoms with E-state index in [2.05, 4.69) is 44.1 Å². The molecule has 0 aliphatic rings. The molecule has 0 aliphatic carbocycles. The fourth-order valence-corrected chi connectivity index (χ4v) is 1.68. The van der Waals surface area contributed by atoms with Crippen molar-refractivity contribution in [3.05, 3.63) is 23.0 Å². The average Bonchev–Trinajstić information content (AvgIpc) is 2.23. The summed E-state index contributed by atoms with van der Waals surface area (Å²) in [7, 11) is 0. The fraction of sp³-hybridized carbons (Fsp3) is 0.600. The lowest BCUT2D eigenvalue weighted by molar-refractivity contribution is 0.274. The first-order valence-electron chi connectivity index (χ1n) is 6.38. The molecule has 98 valence electrons. The topological polar surface area (TPSA) is 48.7 Å². The van der Waals surface area contributed by atoms with Gasteiger partial charge in [0.15, 0.2) is 0 Å². The van der Waals surface area contributed by atoms with Gasteiger partial charge >= 0.3 is 0 Å². The van der Waals surface area contributed by atoms with Crippen LogP contribution < -0.4 is 5.32 Å². The second-order valence-electron chi connectivity index (χ2n) is 6.03. The third-order valence-electron chi connectivity index (χ3n) is 3.52. The van der Waals surface area contributed by atoms with Crippen LogP contribution in [0.3, 0.4) is 0 Å². The van der Waals surface area contributed by atoms with E-state index < -0.39 is 0 Å². The van der Waals surface area contributed by atoms with Gasteiger partial charge in [0.1, 0.15) is 6.07 Å². The minimum Gasteiger partial charge on any atom is -0.384 e. The summed E-state index contributed by atoms with van der Waals surface area (Å²) in [5.41, 5.74) is 3.55. The quantitative estimate of drug-likeness (QED) is 0.884. The van der Waals surface area contributed by atoms with Crippen LogP contribution in [0.1, 0.15) is 44.6 Å². The third-order valence-corrected chi connectivity index (χ3v) is 3.52. The van der Waals surface area contributed by atoms with E-state index in [-0.39, 0.29) is 5.41 Å². The van der Waals surface area contributed by atoms with Crippen molar-refractivity contribution in [1.29, 1.82) is 5.26 Å². The van der Waals surface area contributed by atoms with E-state index >= 15 is 0 Å². The highest BCUT2D eigenvalue weighted by Crippen LogP contribution is 2.26. The number of nitrogens with zero attached hydrogens (tertiary/aromatic N) is 2. The van der Waals surface area contributed by atoms with E-state index in [1.807, 2.05) is 19.9 Å². The van der Waals surface area contributed by atoms with Crippen LogP contribution >= 0.6 is 0 Å². The number of nitrogens with one attached hydrogen (secondary N) is 1. The second kappa shape index (κ2) is 5.39. The molecule has 18 heavy (non-hydrogen) atoms. The Morgan fingerprint density at radius 1 is 1.39 bits per heavy atom. The Kier molecular flexibility index (Phi) is 4.34. The first-order valence-corrected chi connectivity index (χ1v) is 6.38. The van der Waals surface area contributed by atoms with E-state index in [0.717, 1.165) is 23.6 Å². The Bertz CT molecular complexity index is 464. The molecule has 0 aliphatic heterocycles. The summed E-state index contributed by atoms with van der Waals surface area (Å²) >= 11 is 0. The van der Waals surface area contributed by atoms with E-state index in [1.54, 1.807) is 0 Å². The monoisotopic (exact) mass is 245 g/mol. The molecular weight excluding hydrogens is 222 g/mol. The van der Waals surface area contributed by atoms with Gasteiger partial charge in [0.05, 0.1) is 16.9 Å². The lowest BCUT2D eigenvalue weighted by Crippen LogP contribution is -2.25. The number of hydrogen-bond donors (Lipinski definition) is 1. The lowest BCUT2D eigenvalue weighted by atomic mass is 9.82. The van der Waals surface area contributed by atoms with Crippen molar-refractivity contribution in [2.75, 3.05) is 11.9 Å². The Hall–Kier alpha value is -1.56. The van der Waals surface area contributed by atoms with Crippen LogP contribution in [-0.4, -0.2) is 11.5 Å². The molecule has 0 fully saturated rings. The Morgan fingerprint density at radius 2 is 2.00 bits per heavy atom. The highest BCUT2D eigenvalue weighted by Gasteiger charge is 2.20. The molecule has 1 unspecified atom stereocenters. The third kappa shape index (κ3) is 3.46. The number of pyridine rings is 1. The summed E-state index contributed by atoms with van der Waals surface area (Å²) in [6.07, 6.45) is 0.